The Bertz CT molecular complexity index is 1390. The fourth-order valence-corrected chi connectivity index (χ4v) is 4.70. The molecule has 2 amide bonds. The lowest BCUT2D eigenvalue weighted by Gasteiger charge is -2.32. The lowest BCUT2D eigenvalue weighted by atomic mass is 9.96. The Morgan fingerprint density at radius 1 is 0.944 bits per heavy atom. The highest BCUT2D eigenvalue weighted by Gasteiger charge is 2.28. The summed E-state index contributed by atoms with van der Waals surface area (Å²) in [5, 5.41) is 5.71. The van der Waals surface area contributed by atoms with Crippen LogP contribution in [0.25, 0.3) is 11.0 Å². The van der Waals surface area contributed by atoms with Gasteiger partial charge in [-0.1, -0.05) is 24.3 Å². The number of imidazole rings is 1. The van der Waals surface area contributed by atoms with Crippen LogP contribution in [0.1, 0.15) is 25.3 Å². The summed E-state index contributed by atoms with van der Waals surface area (Å²) in [6.07, 6.45) is 1.41. The first-order valence-corrected chi connectivity index (χ1v) is 12.1. The van der Waals surface area contributed by atoms with E-state index in [1.165, 1.54) is 13.0 Å². The van der Waals surface area contributed by atoms with Crippen LogP contribution in [-0.2, 0) is 16.1 Å². The maximum absolute atomic E-state index is 13.8. The minimum Gasteiger partial charge on any atom is -0.342 e. The smallest absolute Gasteiger partial charge is 0.227 e. The Balaban J connectivity index is 1.27. The van der Waals surface area contributed by atoms with Gasteiger partial charge in [-0.25, -0.2) is 9.37 Å². The summed E-state index contributed by atoms with van der Waals surface area (Å²) in [6, 6.07) is 21.7. The number of hydrogen-bond acceptors (Lipinski definition) is 4. The first kappa shape index (κ1) is 23.5. The number of hydrogen-bond donors (Lipinski definition) is 2. The summed E-state index contributed by atoms with van der Waals surface area (Å²) >= 11 is 0. The second-order valence-corrected chi connectivity index (χ2v) is 9.13. The van der Waals surface area contributed by atoms with Crippen molar-refractivity contribution in [3.63, 3.8) is 0 Å². The molecule has 1 aliphatic heterocycles. The topological polar surface area (TPSA) is 79.3 Å². The summed E-state index contributed by atoms with van der Waals surface area (Å²) in [4.78, 5) is 31.2. The van der Waals surface area contributed by atoms with E-state index in [2.05, 4.69) is 20.1 Å². The summed E-state index contributed by atoms with van der Waals surface area (Å²) in [6.45, 7) is 3.37. The molecule has 36 heavy (non-hydrogen) atoms. The zero-order chi connectivity index (χ0) is 25.1. The largest absolute Gasteiger partial charge is 0.342 e. The van der Waals surface area contributed by atoms with Gasteiger partial charge >= 0.3 is 0 Å². The van der Waals surface area contributed by atoms with Crippen LogP contribution >= 0.6 is 0 Å². The number of carbonyl (C=O) groups is 2. The lowest BCUT2D eigenvalue weighted by molar-refractivity contribution is -0.120. The van der Waals surface area contributed by atoms with Crippen LogP contribution in [0.3, 0.4) is 0 Å². The van der Waals surface area contributed by atoms with Crippen molar-refractivity contribution < 1.29 is 14.0 Å². The zero-order valence-corrected chi connectivity index (χ0v) is 20.1. The second-order valence-electron chi connectivity index (χ2n) is 9.13. The van der Waals surface area contributed by atoms with Crippen LogP contribution in [-0.4, -0.2) is 34.5 Å². The van der Waals surface area contributed by atoms with E-state index in [4.69, 9.17) is 4.98 Å². The molecule has 1 saturated heterocycles. The minimum atomic E-state index is -0.255. The van der Waals surface area contributed by atoms with Crippen LogP contribution in [0.5, 0.6) is 0 Å². The maximum Gasteiger partial charge on any atom is 0.227 e. The summed E-state index contributed by atoms with van der Waals surface area (Å²) in [5.74, 6) is 0.346. The lowest BCUT2D eigenvalue weighted by Crippen LogP contribution is -2.39. The number of halogens is 1. The molecule has 1 aliphatic rings. The third-order valence-corrected chi connectivity index (χ3v) is 6.49. The molecule has 2 N–H and O–H groups in total. The van der Waals surface area contributed by atoms with E-state index in [1.807, 2.05) is 30.3 Å². The first-order valence-electron chi connectivity index (χ1n) is 12.1. The second kappa shape index (κ2) is 10.2. The highest BCUT2D eigenvalue weighted by atomic mass is 19.1. The van der Waals surface area contributed by atoms with Crippen molar-refractivity contribution in [3.8, 4) is 0 Å². The molecule has 1 aromatic heterocycles. The molecule has 0 atom stereocenters. The van der Waals surface area contributed by atoms with Gasteiger partial charge in [0.25, 0.3) is 0 Å². The number of nitrogens with one attached hydrogen (secondary N) is 2. The van der Waals surface area contributed by atoms with Crippen molar-refractivity contribution >= 4 is 40.2 Å². The summed E-state index contributed by atoms with van der Waals surface area (Å²) < 4.78 is 15.9. The predicted octanol–water partition coefficient (Wildman–Crippen LogP) is 5.04. The molecule has 0 saturated carbocycles. The summed E-state index contributed by atoms with van der Waals surface area (Å²) in [7, 11) is 0. The summed E-state index contributed by atoms with van der Waals surface area (Å²) in [5.41, 5.74) is 4.16. The molecule has 7 nitrogen and oxygen atoms in total. The minimum absolute atomic E-state index is 0.00445. The van der Waals surface area contributed by atoms with Crippen molar-refractivity contribution in [2.45, 2.75) is 26.3 Å². The average molecular weight is 486 g/mol. The molecular weight excluding hydrogens is 457 g/mol. The Morgan fingerprint density at radius 2 is 1.64 bits per heavy atom. The number of fused-ring (bicyclic) bond motifs is 1. The van der Waals surface area contributed by atoms with E-state index in [0.29, 0.717) is 43.9 Å². The average Bonchev–Trinajstić information content (AvgIpc) is 3.23. The Labute approximate surface area is 208 Å². The van der Waals surface area contributed by atoms with Gasteiger partial charge in [0.1, 0.15) is 5.82 Å². The van der Waals surface area contributed by atoms with E-state index < -0.39 is 0 Å². The number of anilines is 3. The molecule has 4 aromatic rings. The molecular formula is C28H28FN5O2. The first-order chi connectivity index (χ1) is 17.5. The van der Waals surface area contributed by atoms with Crippen molar-refractivity contribution in [2.24, 2.45) is 5.92 Å². The van der Waals surface area contributed by atoms with E-state index >= 15 is 0 Å². The zero-order valence-electron chi connectivity index (χ0n) is 20.1. The van der Waals surface area contributed by atoms with Gasteiger partial charge in [-0.15, -0.1) is 0 Å². The van der Waals surface area contributed by atoms with E-state index in [9.17, 15) is 14.0 Å². The normalized spacial score (nSPS) is 14.1. The molecule has 2 heterocycles. The molecule has 0 unspecified atom stereocenters. The van der Waals surface area contributed by atoms with E-state index in [-0.39, 0.29) is 23.5 Å². The molecule has 5 rings (SSSR count). The monoisotopic (exact) mass is 485 g/mol. The fourth-order valence-electron chi connectivity index (χ4n) is 4.70. The van der Waals surface area contributed by atoms with Gasteiger partial charge in [0.15, 0.2) is 0 Å². The third-order valence-electron chi connectivity index (χ3n) is 6.49. The standard InChI is InChI=1S/C28H28FN5O2/c1-19(35)30-23-9-11-24(12-10-23)31-27(36)21-13-15-33(16-14-21)28-32-25-7-2-3-8-26(25)34(28)18-20-5-4-6-22(29)17-20/h2-12,17,21H,13-16,18H2,1H3,(H,30,35)(H,31,36). The number of carbonyl (C=O) groups excluding carboxylic acids is 2. The predicted molar refractivity (Wildman–Crippen MR) is 140 cm³/mol. The number of piperidine rings is 1. The molecule has 0 aliphatic carbocycles. The van der Waals surface area contributed by atoms with Gasteiger partial charge in [-0.3, -0.25) is 9.59 Å². The quantitative estimate of drug-likeness (QED) is 0.401. The van der Waals surface area contributed by atoms with Crippen molar-refractivity contribution in [1.82, 2.24) is 9.55 Å². The Morgan fingerprint density at radius 3 is 2.33 bits per heavy atom. The number of nitrogens with zero attached hydrogens (tertiary/aromatic N) is 3. The molecule has 8 heteroatoms. The van der Waals surface area contributed by atoms with Gasteiger partial charge in [-0.2, -0.15) is 0 Å². The van der Waals surface area contributed by atoms with Crippen molar-refractivity contribution in [1.29, 1.82) is 0 Å². The molecule has 184 valence electrons. The number of amides is 2. The van der Waals surface area contributed by atoms with Crippen LogP contribution in [0.15, 0.2) is 72.8 Å². The molecule has 0 spiro atoms. The van der Waals surface area contributed by atoms with Gasteiger partial charge in [0.2, 0.25) is 17.8 Å². The molecule has 3 aromatic carbocycles. The molecule has 0 bridgehead atoms. The van der Waals surface area contributed by atoms with Gasteiger partial charge in [0, 0.05) is 37.3 Å². The van der Waals surface area contributed by atoms with Crippen LogP contribution in [0, 0.1) is 11.7 Å². The number of benzene rings is 3. The van der Waals surface area contributed by atoms with Crippen molar-refractivity contribution in [3.05, 3.63) is 84.2 Å². The third kappa shape index (κ3) is 5.22. The van der Waals surface area contributed by atoms with Gasteiger partial charge < -0.3 is 20.1 Å². The van der Waals surface area contributed by atoms with Crippen LogP contribution in [0.2, 0.25) is 0 Å². The highest BCUT2D eigenvalue weighted by Crippen LogP contribution is 2.28. The fraction of sp³-hybridized carbons (Fsp3) is 0.250. The Hall–Kier alpha value is -4.20. The molecule has 0 radical (unpaired) electrons. The van der Waals surface area contributed by atoms with Gasteiger partial charge in [0.05, 0.1) is 17.6 Å². The SMILES string of the molecule is CC(=O)Nc1ccc(NC(=O)C2CCN(c3nc4ccccc4n3Cc3cccc(F)c3)CC2)cc1. The van der Waals surface area contributed by atoms with Crippen LogP contribution < -0.4 is 15.5 Å². The molecule has 1 fully saturated rings. The highest BCUT2D eigenvalue weighted by molar-refractivity contribution is 5.93. The number of para-hydroxylation sites is 2. The maximum atomic E-state index is 13.8. The van der Waals surface area contributed by atoms with Crippen molar-refractivity contribution in [2.75, 3.05) is 28.6 Å². The van der Waals surface area contributed by atoms with Gasteiger partial charge in [-0.05, 0) is 66.9 Å². The van der Waals surface area contributed by atoms with E-state index in [0.717, 1.165) is 22.5 Å². The number of aromatic nitrogens is 2. The van der Waals surface area contributed by atoms with Crippen LogP contribution in [0.4, 0.5) is 21.7 Å². The van der Waals surface area contributed by atoms with E-state index in [1.54, 1.807) is 36.4 Å². The number of rotatable bonds is 6. The Kier molecular flexibility index (Phi) is 6.66.